The van der Waals surface area contributed by atoms with Crippen molar-refractivity contribution in [3.63, 3.8) is 0 Å². The molecule has 15 heavy (non-hydrogen) atoms. The molecule has 0 saturated heterocycles. The fourth-order valence-electron chi connectivity index (χ4n) is 1.21. The highest BCUT2D eigenvalue weighted by Gasteiger charge is 2.09. The maximum absolute atomic E-state index is 8.44. The van der Waals surface area contributed by atoms with Crippen LogP contribution >= 0.6 is 11.8 Å². The summed E-state index contributed by atoms with van der Waals surface area (Å²) in [5.74, 6) is 1.57. The number of thioether (sulfide) groups is 1. The minimum atomic E-state index is 0.409. The van der Waals surface area contributed by atoms with E-state index in [-0.39, 0.29) is 0 Å². The molecule has 2 N–H and O–H groups in total. The molecule has 0 aromatic carbocycles. The summed E-state index contributed by atoms with van der Waals surface area (Å²) >= 11 is 1.56. The van der Waals surface area contributed by atoms with Crippen LogP contribution < -0.4 is 5.73 Å². The van der Waals surface area contributed by atoms with Crippen LogP contribution in [0.3, 0.4) is 0 Å². The first-order chi connectivity index (χ1) is 7.33. The lowest BCUT2D eigenvalue weighted by Gasteiger charge is -2.06. The third kappa shape index (κ3) is 3.22. The van der Waals surface area contributed by atoms with Gasteiger partial charge in [0.2, 0.25) is 0 Å². The molecule has 1 heterocycles. The first-order valence-electron chi connectivity index (χ1n) is 4.95. The van der Waals surface area contributed by atoms with Crippen LogP contribution in [0.15, 0.2) is 5.16 Å². The number of nitrogens with two attached hydrogens (primary N) is 1. The number of aromatic nitrogens is 3. The van der Waals surface area contributed by atoms with Gasteiger partial charge in [-0.25, -0.2) is 0 Å². The van der Waals surface area contributed by atoms with Gasteiger partial charge in [-0.2, -0.15) is 5.26 Å². The maximum atomic E-state index is 8.44. The van der Waals surface area contributed by atoms with Crippen LogP contribution in [-0.4, -0.2) is 20.5 Å². The lowest BCUT2D eigenvalue weighted by Crippen LogP contribution is -2.09. The second kappa shape index (κ2) is 6.43. The first kappa shape index (κ1) is 12.0. The van der Waals surface area contributed by atoms with E-state index >= 15 is 0 Å². The SMILES string of the molecule is CCCn1c(CN)nnc1SCCC#N. The molecule has 6 heteroatoms. The Labute approximate surface area is 93.7 Å². The third-order valence-electron chi connectivity index (χ3n) is 1.87. The predicted octanol–water partition coefficient (Wildman–Crippen LogP) is 1.15. The van der Waals surface area contributed by atoms with E-state index in [1.165, 1.54) is 0 Å². The summed E-state index contributed by atoms with van der Waals surface area (Å²) in [7, 11) is 0. The van der Waals surface area contributed by atoms with Crippen LogP contribution in [-0.2, 0) is 13.1 Å². The monoisotopic (exact) mass is 225 g/mol. The van der Waals surface area contributed by atoms with Gasteiger partial charge in [0, 0.05) is 18.7 Å². The Morgan fingerprint density at radius 3 is 2.93 bits per heavy atom. The number of nitriles is 1. The molecule has 0 radical (unpaired) electrons. The van der Waals surface area contributed by atoms with Gasteiger partial charge in [0.1, 0.15) is 5.82 Å². The van der Waals surface area contributed by atoms with Crippen molar-refractivity contribution in [1.82, 2.24) is 14.8 Å². The molecule has 0 amide bonds. The van der Waals surface area contributed by atoms with Crippen LogP contribution in [0.2, 0.25) is 0 Å². The summed E-state index contributed by atoms with van der Waals surface area (Å²) in [6.07, 6.45) is 1.55. The van der Waals surface area contributed by atoms with Gasteiger partial charge in [-0.05, 0) is 6.42 Å². The van der Waals surface area contributed by atoms with Crippen LogP contribution in [0.25, 0.3) is 0 Å². The second-order valence-corrected chi connectivity index (χ2v) is 4.07. The van der Waals surface area contributed by atoms with Gasteiger partial charge >= 0.3 is 0 Å². The quantitative estimate of drug-likeness (QED) is 0.580. The minimum Gasteiger partial charge on any atom is -0.324 e. The maximum Gasteiger partial charge on any atom is 0.191 e. The number of rotatable bonds is 6. The molecular formula is C9H15N5S. The van der Waals surface area contributed by atoms with E-state index in [1.54, 1.807) is 11.8 Å². The van der Waals surface area contributed by atoms with E-state index in [2.05, 4.69) is 23.2 Å². The Morgan fingerprint density at radius 1 is 1.53 bits per heavy atom. The van der Waals surface area contributed by atoms with E-state index in [4.69, 9.17) is 11.0 Å². The third-order valence-corrected chi connectivity index (χ3v) is 2.84. The Kier molecular flexibility index (Phi) is 5.15. The molecule has 1 aromatic rings. The summed E-state index contributed by atoms with van der Waals surface area (Å²) in [4.78, 5) is 0. The van der Waals surface area contributed by atoms with Crippen LogP contribution in [0, 0.1) is 11.3 Å². The molecule has 1 aromatic heterocycles. The largest absolute Gasteiger partial charge is 0.324 e. The Bertz CT molecular complexity index is 341. The van der Waals surface area contributed by atoms with Gasteiger partial charge in [-0.3, -0.25) is 0 Å². The standard InChI is InChI=1S/C9H15N5S/c1-2-5-14-8(7-11)12-13-9(14)15-6-3-4-10/h2-3,5-7,11H2,1H3. The summed E-state index contributed by atoms with van der Waals surface area (Å²) in [6, 6.07) is 2.11. The molecule has 0 aliphatic rings. The molecule has 0 atom stereocenters. The average Bonchev–Trinajstić information content (AvgIpc) is 2.62. The molecular weight excluding hydrogens is 210 g/mol. The molecule has 82 valence electrons. The van der Waals surface area contributed by atoms with Crippen molar-refractivity contribution in [2.45, 2.75) is 38.0 Å². The molecule has 0 spiro atoms. The van der Waals surface area contributed by atoms with Gasteiger partial charge in [0.25, 0.3) is 0 Å². The summed E-state index contributed by atoms with van der Waals surface area (Å²) in [6.45, 7) is 3.39. The highest BCUT2D eigenvalue weighted by Crippen LogP contribution is 2.17. The average molecular weight is 225 g/mol. The van der Waals surface area contributed by atoms with Crippen LogP contribution in [0.4, 0.5) is 0 Å². The highest BCUT2D eigenvalue weighted by molar-refractivity contribution is 7.99. The van der Waals surface area contributed by atoms with Gasteiger partial charge in [-0.15, -0.1) is 10.2 Å². The Balaban J connectivity index is 2.69. The molecule has 0 bridgehead atoms. The Morgan fingerprint density at radius 2 is 2.33 bits per heavy atom. The lowest BCUT2D eigenvalue weighted by molar-refractivity contribution is 0.592. The van der Waals surface area contributed by atoms with Gasteiger partial charge in [0.05, 0.1) is 12.6 Å². The van der Waals surface area contributed by atoms with Crippen molar-refractivity contribution in [1.29, 1.82) is 5.26 Å². The van der Waals surface area contributed by atoms with Crippen molar-refractivity contribution in [3.8, 4) is 6.07 Å². The van der Waals surface area contributed by atoms with Crippen molar-refractivity contribution >= 4 is 11.8 Å². The number of hydrogen-bond donors (Lipinski definition) is 1. The number of nitrogens with zero attached hydrogens (tertiary/aromatic N) is 4. The van der Waals surface area contributed by atoms with Crippen LogP contribution in [0.5, 0.6) is 0 Å². The zero-order valence-electron chi connectivity index (χ0n) is 8.81. The van der Waals surface area contributed by atoms with Crippen molar-refractivity contribution in [2.75, 3.05) is 5.75 Å². The van der Waals surface area contributed by atoms with Crippen molar-refractivity contribution in [3.05, 3.63) is 5.82 Å². The second-order valence-electron chi connectivity index (χ2n) is 3.01. The van der Waals surface area contributed by atoms with Gasteiger partial charge < -0.3 is 10.3 Å². The van der Waals surface area contributed by atoms with E-state index in [1.807, 2.05) is 4.57 Å². The van der Waals surface area contributed by atoms with Gasteiger partial charge in [0.15, 0.2) is 5.16 Å². The molecule has 0 aliphatic carbocycles. The molecule has 0 saturated carbocycles. The molecule has 0 aliphatic heterocycles. The van der Waals surface area contributed by atoms with Crippen LogP contribution in [0.1, 0.15) is 25.6 Å². The summed E-state index contributed by atoms with van der Waals surface area (Å²) in [5, 5.41) is 17.4. The predicted molar refractivity (Wildman–Crippen MR) is 59.2 cm³/mol. The molecule has 0 fully saturated rings. The normalized spacial score (nSPS) is 10.2. The highest BCUT2D eigenvalue weighted by atomic mass is 32.2. The molecule has 1 rings (SSSR count). The zero-order valence-corrected chi connectivity index (χ0v) is 9.63. The van der Waals surface area contributed by atoms with E-state index in [9.17, 15) is 0 Å². The molecule has 5 nitrogen and oxygen atoms in total. The summed E-state index contributed by atoms with van der Waals surface area (Å²) in [5.41, 5.74) is 5.56. The van der Waals surface area contributed by atoms with E-state index in [0.717, 1.165) is 29.7 Å². The minimum absolute atomic E-state index is 0.409. The Hall–Kier alpha value is -1.06. The lowest BCUT2D eigenvalue weighted by atomic mass is 10.4. The first-order valence-corrected chi connectivity index (χ1v) is 5.94. The molecule has 0 unspecified atom stereocenters. The van der Waals surface area contributed by atoms with E-state index in [0.29, 0.717) is 13.0 Å². The van der Waals surface area contributed by atoms with E-state index < -0.39 is 0 Å². The zero-order chi connectivity index (χ0) is 11.1. The topological polar surface area (TPSA) is 80.5 Å². The fraction of sp³-hybridized carbons (Fsp3) is 0.667. The van der Waals surface area contributed by atoms with Crippen molar-refractivity contribution in [2.24, 2.45) is 5.73 Å². The summed E-state index contributed by atoms with van der Waals surface area (Å²) < 4.78 is 2.03. The smallest absolute Gasteiger partial charge is 0.191 e. The number of hydrogen-bond acceptors (Lipinski definition) is 5. The van der Waals surface area contributed by atoms with Gasteiger partial charge in [-0.1, -0.05) is 18.7 Å². The fourth-order valence-corrected chi connectivity index (χ4v) is 2.04. The van der Waals surface area contributed by atoms with Crippen molar-refractivity contribution < 1.29 is 0 Å².